The number of pyridine rings is 1. The van der Waals surface area contributed by atoms with Gasteiger partial charge in [0.2, 0.25) is 5.88 Å². The maximum atomic E-state index is 10.2. The van der Waals surface area contributed by atoms with Crippen LogP contribution in [-0.2, 0) is 4.79 Å². The van der Waals surface area contributed by atoms with Crippen LogP contribution in [0.15, 0.2) is 18.3 Å². The zero-order valence-corrected chi connectivity index (χ0v) is 7.06. The average Bonchev–Trinajstić information content (AvgIpc) is 2.15. The molecule has 0 saturated heterocycles. The molecule has 1 N–H and O–H groups in total. The van der Waals surface area contributed by atoms with Crippen LogP contribution in [0.2, 0.25) is 0 Å². The Morgan fingerprint density at radius 2 is 2.46 bits per heavy atom. The highest BCUT2D eigenvalue weighted by Crippen LogP contribution is 2.15. The Morgan fingerprint density at radius 3 is 3.08 bits per heavy atom. The smallest absolute Gasteiger partial charge is 0.341 e. The van der Waals surface area contributed by atoms with Crippen molar-refractivity contribution in [2.24, 2.45) is 0 Å². The maximum Gasteiger partial charge on any atom is 0.341 e. The third-order valence-corrected chi connectivity index (χ3v) is 1.28. The molecule has 0 unspecified atom stereocenters. The van der Waals surface area contributed by atoms with Crippen molar-refractivity contribution in [2.45, 2.75) is 0 Å². The number of aliphatic carboxylic acids is 1. The van der Waals surface area contributed by atoms with E-state index in [9.17, 15) is 4.79 Å². The summed E-state index contributed by atoms with van der Waals surface area (Å²) >= 11 is 0. The van der Waals surface area contributed by atoms with E-state index in [2.05, 4.69) is 4.98 Å². The lowest BCUT2D eigenvalue weighted by atomic mass is 10.4. The van der Waals surface area contributed by atoms with Crippen LogP contribution in [0.5, 0.6) is 11.6 Å². The molecular formula is C8H9NO4. The summed E-state index contributed by atoms with van der Waals surface area (Å²) in [7, 11) is 1.48. The second-order valence-corrected chi connectivity index (χ2v) is 2.22. The fraction of sp³-hybridized carbons (Fsp3) is 0.250. The summed E-state index contributed by atoms with van der Waals surface area (Å²) in [6.45, 7) is -0.368. The molecule has 13 heavy (non-hydrogen) atoms. The number of rotatable bonds is 4. The number of aromatic nitrogens is 1. The van der Waals surface area contributed by atoms with E-state index < -0.39 is 5.97 Å². The Kier molecular flexibility index (Phi) is 3.08. The van der Waals surface area contributed by atoms with E-state index in [-0.39, 0.29) is 6.61 Å². The van der Waals surface area contributed by atoms with Gasteiger partial charge in [0.15, 0.2) is 6.61 Å². The van der Waals surface area contributed by atoms with Crippen LogP contribution in [0.1, 0.15) is 0 Å². The lowest BCUT2D eigenvalue weighted by Gasteiger charge is -2.03. The van der Waals surface area contributed by atoms with E-state index >= 15 is 0 Å². The van der Waals surface area contributed by atoms with Crippen molar-refractivity contribution in [3.05, 3.63) is 18.3 Å². The molecule has 0 fully saturated rings. The zero-order chi connectivity index (χ0) is 9.68. The predicted molar refractivity (Wildman–Crippen MR) is 43.9 cm³/mol. The molecule has 70 valence electrons. The summed E-state index contributed by atoms with van der Waals surface area (Å²) in [6, 6.07) is 3.08. The molecular weight excluding hydrogens is 174 g/mol. The second kappa shape index (κ2) is 4.30. The summed E-state index contributed by atoms with van der Waals surface area (Å²) in [5.41, 5.74) is 0. The summed E-state index contributed by atoms with van der Waals surface area (Å²) < 4.78 is 9.71. The largest absolute Gasteiger partial charge is 0.482 e. The molecule has 0 bridgehead atoms. The molecule has 0 aliphatic heterocycles. The lowest BCUT2D eigenvalue weighted by molar-refractivity contribution is -0.139. The monoisotopic (exact) mass is 183 g/mol. The third-order valence-electron chi connectivity index (χ3n) is 1.28. The molecule has 1 heterocycles. The highest BCUT2D eigenvalue weighted by molar-refractivity contribution is 5.68. The quantitative estimate of drug-likeness (QED) is 0.738. The Labute approximate surface area is 74.9 Å². The third kappa shape index (κ3) is 2.98. The molecule has 1 rings (SSSR count). The van der Waals surface area contributed by atoms with Gasteiger partial charge in [0.1, 0.15) is 5.75 Å². The highest BCUT2D eigenvalue weighted by Gasteiger charge is 2.00. The van der Waals surface area contributed by atoms with Gasteiger partial charge in [0, 0.05) is 12.3 Å². The molecule has 1 aromatic rings. The van der Waals surface area contributed by atoms with Gasteiger partial charge in [-0.1, -0.05) is 0 Å². The first-order valence-electron chi connectivity index (χ1n) is 3.57. The van der Waals surface area contributed by atoms with Crippen molar-refractivity contribution >= 4 is 5.97 Å². The second-order valence-electron chi connectivity index (χ2n) is 2.22. The van der Waals surface area contributed by atoms with Crippen LogP contribution < -0.4 is 9.47 Å². The van der Waals surface area contributed by atoms with Gasteiger partial charge in [-0.2, -0.15) is 0 Å². The van der Waals surface area contributed by atoms with Crippen molar-refractivity contribution in [2.75, 3.05) is 13.7 Å². The fourth-order valence-electron chi connectivity index (χ4n) is 0.738. The summed E-state index contributed by atoms with van der Waals surface area (Å²) in [5, 5.41) is 8.33. The molecule has 0 atom stereocenters. The van der Waals surface area contributed by atoms with Crippen LogP contribution in [0.25, 0.3) is 0 Å². The van der Waals surface area contributed by atoms with Crippen LogP contribution in [0, 0.1) is 0 Å². The van der Waals surface area contributed by atoms with Gasteiger partial charge >= 0.3 is 5.97 Å². The number of nitrogens with zero attached hydrogens (tertiary/aromatic N) is 1. The number of hydrogen-bond donors (Lipinski definition) is 1. The minimum absolute atomic E-state index is 0.368. The molecule has 0 spiro atoms. The average molecular weight is 183 g/mol. The van der Waals surface area contributed by atoms with Gasteiger partial charge in [-0.25, -0.2) is 9.78 Å². The van der Waals surface area contributed by atoms with E-state index in [0.29, 0.717) is 11.6 Å². The van der Waals surface area contributed by atoms with Crippen molar-refractivity contribution in [1.82, 2.24) is 4.98 Å². The number of carboxylic acid groups (broad SMARTS) is 1. The number of methoxy groups -OCH3 is 1. The summed E-state index contributed by atoms with van der Waals surface area (Å²) in [4.78, 5) is 14.0. The van der Waals surface area contributed by atoms with E-state index in [4.69, 9.17) is 14.6 Å². The minimum atomic E-state index is -1.02. The predicted octanol–water partition coefficient (Wildman–Crippen LogP) is 0.554. The van der Waals surface area contributed by atoms with Crippen LogP contribution in [0.4, 0.5) is 0 Å². The molecule has 5 nitrogen and oxygen atoms in total. The topological polar surface area (TPSA) is 68.7 Å². The van der Waals surface area contributed by atoms with E-state index in [1.807, 2.05) is 0 Å². The summed E-state index contributed by atoms with van der Waals surface area (Å²) in [5.74, 6) is -0.201. The van der Waals surface area contributed by atoms with Crippen molar-refractivity contribution in [1.29, 1.82) is 0 Å². The number of ether oxygens (including phenoxy) is 2. The van der Waals surface area contributed by atoms with Crippen molar-refractivity contribution in [3.8, 4) is 11.6 Å². The number of hydrogen-bond acceptors (Lipinski definition) is 4. The molecule has 5 heteroatoms. The fourth-order valence-corrected chi connectivity index (χ4v) is 0.738. The standard InChI is InChI=1S/C8H9NO4/c1-12-7-4-6(2-3-9-7)13-5-8(10)11/h2-4H,5H2,1H3,(H,10,11). The Hall–Kier alpha value is -1.78. The molecule has 0 saturated carbocycles. The van der Waals surface area contributed by atoms with Gasteiger partial charge in [0.25, 0.3) is 0 Å². The molecule has 1 aromatic heterocycles. The van der Waals surface area contributed by atoms with Crippen molar-refractivity contribution in [3.63, 3.8) is 0 Å². The lowest BCUT2D eigenvalue weighted by Crippen LogP contribution is -2.09. The first kappa shape index (κ1) is 9.31. The van der Waals surface area contributed by atoms with Gasteiger partial charge in [-0.05, 0) is 6.07 Å². The Bertz CT molecular complexity index is 300. The first-order chi connectivity index (χ1) is 6.22. The van der Waals surface area contributed by atoms with E-state index in [1.165, 1.54) is 19.4 Å². The zero-order valence-electron chi connectivity index (χ0n) is 7.06. The number of carboxylic acids is 1. The van der Waals surface area contributed by atoms with Gasteiger partial charge in [0.05, 0.1) is 7.11 Å². The van der Waals surface area contributed by atoms with Crippen LogP contribution >= 0.6 is 0 Å². The van der Waals surface area contributed by atoms with Crippen molar-refractivity contribution < 1.29 is 19.4 Å². The highest BCUT2D eigenvalue weighted by atomic mass is 16.5. The minimum Gasteiger partial charge on any atom is -0.482 e. The van der Waals surface area contributed by atoms with Crippen LogP contribution in [0.3, 0.4) is 0 Å². The Balaban J connectivity index is 2.61. The van der Waals surface area contributed by atoms with Gasteiger partial charge in [-0.3, -0.25) is 0 Å². The van der Waals surface area contributed by atoms with E-state index in [1.54, 1.807) is 6.07 Å². The van der Waals surface area contributed by atoms with Gasteiger partial charge in [-0.15, -0.1) is 0 Å². The molecule has 0 aliphatic carbocycles. The number of carbonyl (C=O) groups is 1. The maximum absolute atomic E-state index is 10.2. The molecule has 0 aliphatic rings. The first-order valence-corrected chi connectivity index (χ1v) is 3.57. The Morgan fingerprint density at radius 1 is 1.69 bits per heavy atom. The SMILES string of the molecule is COc1cc(OCC(=O)O)ccn1. The summed E-state index contributed by atoms with van der Waals surface area (Å²) in [6.07, 6.45) is 1.48. The van der Waals surface area contributed by atoms with Gasteiger partial charge < -0.3 is 14.6 Å². The normalized spacial score (nSPS) is 9.31. The van der Waals surface area contributed by atoms with E-state index in [0.717, 1.165) is 0 Å². The molecule has 0 amide bonds. The molecule has 0 aromatic carbocycles. The molecule has 0 radical (unpaired) electrons. The van der Waals surface area contributed by atoms with Crippen LogP contribution in [-0.4, -0.2) is 29.8 Å².